The molecule has 0 spiro atoms. The summed E-state index contributed by atoms with van der Waals surface area (Å²) in [6, 6.07) is 13.6. The number of imidazole rings is 1. The predicted octanol–water partition coefficient (Wildman–Crippen LogP) is 1.86. The highest BCUT2D eigenvalue weighted by atomic mass is 19.1. The van der Waals surface area contributed by atoms with Crippen molar-refractivity contribution in [1.29, 1.82) is 0 Å². The van der Waals surface area contributed by atoms with Crippen molar-refractivity contribution < 1.29 is 18.7 Å². The molecule has 1 fully saturated rings. The number of hydrogen-bond acceptors (Lipinski definition) is 4. The number of carbonyl (C=O) groups is 2. The van der Waals surface area contributed by atoms with Crippen LogP contribution < -0.4 is 10.1 Å². The van der Waals surface area contributed by atoms with Gasteiger partial charge in [0.1, 0.15) is 5.82 Å². The van der Waals surface area contributed by atoms with E-state index < -0.39 is 5.82 Å². The lowest BCUT2D eigenvalue weighted by Crippen LogP contribution is -2.56. The van der Waals surface area contributed by atoms with Gasteiger partial charge in [-0.25, -0.2) is 9.37 Å². The highest BCUT2D eigenvalue weighted by Crippen LogP contribution is 2.19. The molecule has 0 saturated carbocycles. The summed E-state index contributed by atoms with van der Waals surface area (Å²) in [6.07, 6.45) is 0. The van der Waals surface area contributed by atoms with Gasteiger partial charge in [0, 0.05) is 13.1 Å². The monoisotopic (exact) mass is 382 g/mol. The molecule has 2 heterocycles. The van der Waals surface area contributed by atoms with Crippen molar-refractivity contribution in [1.82, 2.24) is 20.2 Å². The predicted molar refractivity (Wildman–Crippen MR) is 99.9 cm³/mol. The van der Waals surface area contributed by atoms with Crippen LogP contribution in [0, 0.1) is 11.7 Å². The zero-order chi connectivity index (χ0) is 19.5. The van der Waals surface area contributed by atoms with Gasteiger partial charge >= 0.3 is 0 Å². The van der Waals surface area contributed by atoms with E-state index in [4.69, 9.17) is 4.74 Å². The molecule has 1 aliphatic rings. The van der Waals surface area contributed by atoms with Gasteiger partial charge in [0.05, 0.1) is 23.5 Å². The Hall–Kier alpha value is -3.42. The molecule has 144 valence electrons. The minimum Gasteiger partial charge on any atom is -0.481 e. The lowest BCUT2D eigenvalue weighted by atomic mass is 9.99. The van der Waals surface area contributed by atoms with E-state index in [0.717, 1.165) is 11.0 Å². The first-order valence-corrected chi connectivity index (χ1v) is 8.96. The number of hydrogen-bond donors (Lipinski definition) is 2. The molecule has 2 N–H and O–H groups in total. The summed E-state index contributed by atoms with van der Waals surface area (Å²) in [6.45, 7) is 0.694. The van der Waals surface area contributed by atoms with Crippen LogP contribution in [0.25, 0.3) is 11.0 Å². The number of aromatic amines is 1. The molecule has 0 radical (unpaired) electrons. The fraction of sp³-hybridized carbons (Fsp3) is 0.250. The van der Waals surface area contributed by atoms with Crippen LogP contribution in [0.4, 0.5) is 4.39 Å². The molecular formula is C20H19FN4O3. The van der Waals surface area contributed by atoms with Gasteiger partial charge in [0.2, 0.25) is 5.91 Å². The van der Waals surface area contributed by atoms with Crippen molar-refractivity contribution in [3.05, 3.63) is 60.2 Å². The third-order valence-electron chi connectivity index (χ3n) is 4.66. The van der Waals surface area contributed by atoms with Gasteiger partial charge in [-0.1, -0.05) is 24.3 Å². The second-order valence-electron chi connectivity index (χ2n) is 6.63. The van der Waals surface area contributed by atoms with E-state index in [-0.39, 0.29) is 30.1 Å². The molecule has 8 heteroatoms. The summed E-state index contributed by atoms with van der Waals surface area (Å²) >= 11 is 0. The number of nitrogens with one attached hydrogen (secondary N) is 2. The molecule has 1 aliphatic heterocycles. The first kappa shape index (κ1) is 18.0. The van der Waals surface area contributed by atoms with Crippen molar-refractivity contribution in [3.8, 4) is 5.75 Å². The number of H-pyrrole nitrogens is 1. The maximum Gasteiger partial charge on any atom is 0.260 e. The zero-order valence-electron chi connectivity index (χ0n) is 15.0. The van der Waals surface area contributed by atoms with E-state index >= 15 is 0 Å². The number of ether oxygens (including phenoxy) is 1. The van der Waals surface area contributed by atoms with Crippen LogP contribution in [0.15, 0.2) is 48.5 Å². The Morgan fingerprint density at radius 3 is 2.71 bits per heavy atom. The molecule has 0 aliphatic carbocycles. The third kappa shape index (κ3) is 3.80. The Morgan fingerprint density at radius 2 is 1.93 bits per heavy atom. The minimum atomic E-state index is -0.512. The van der Waals surface area contributed by atoms with Crippen LogP contribution in [0.3, 0.4) is 0 Å². The van der Waals surface area contributed by atoms with Crippen molar-refractivity contribution in [2.45, 2.75) is 6.54 Å². The lowest BCUT2D eigenvalue weighted by molar-refractivity contribution is -0.144. The standard InChI is InChI=1S/C20H19FN4O3/c21-14-5-1-4-8-17(14)28-12-19(26)25-10-13(11-25)20(27)22-9-18-23-15-6-2-3-7-16(15)24-18/h1-8,13H,9-12H2,(H,22,27)(H,23,24). The number of fused-ring (bicyclic) bond motifs is 1. The topological polar surface area (TPSA) is 87.3 Å². The van der Waals surface area contributed by atoms with E-state index in [0.29, 0.717) is 25.5 Å². The number of nitrogens with zero attached hydrogens (tertiary/aromatic N) is 2. The Bertz CT molecular complexity index is 980. The Balaban J connectivity index is 1.21. The van der Waals surface area contributed by atoms with Crippen molar-refractivity contribution in [2.24, 2.45) is 5.92 Å². The molecule has 0 atom stereocenters. The number of amides is 2. The first-order chi connectivity index (χ1) is 13.6. The van der Waals surface area contributed by atoms with Gasteiger partial charge in [-0.15, -0.1) is 0 Å². The molecule has 0 bridgehead atoms. The average Bonchev–Trinajstić information content (AvgIpc) is 3.07. The van der Waals surface area contributed by atoms with Gasteiger partial charge in [-0.05, 0) is 24.3 Å². The Kier molecular flexibility index (Phi) is 4.92. The largest absolute Gasteiger partial charge is 0.481 e. The fourth-order valence-corrected chi connectivity index (χ4v) is 3.05. The zero-order valence-corrected chi connectivity index (χ0v) is 15.0. The maximum atomic E-state index is 13.5. The van der Waals surface area contributed by atoms with Gasteiger partial charge in [0.15, 0.2) is 18.2 Å². The second kappa shape index (κ2) is 7.67. The lowest BCUT2D eigenvalue weighted by Gasteiger charge is -2.38. The van der Waals surface area contributed by atoms with Gasteiger partial charge in [0.25, 0.3) is 5.91 Å². The summed E-state index contributed by atoms with van der Waals surface area (Å²) in [5.41, 5.74) is 1.77. The van der Waals surface area contributed by atoms with Crippen LogP contribution in [-0.2, 0) is 16.1 Å². The Labute approximate surface area is 160 Å². The summed E-state index contributed by atoms with van der Waals surface area (Å²) in [5.74, 6) is -0.454. The third-order valence-corrected chi connectivity index (χ3v) is 4.66. The van der Waals surface area contributed by atoms with Crippen LogP contribution >= 0.6 is 0 Å². The number of rotatable bonds is 6. The van der Waals surface area contributed by atoms with Gasteiger partial charge < -0.3 is 19.9 Å². The van der Waals surface area contributed by atoms with Crippen LogP contribution in [0.5, 0.6) is 5.75 Å². The van der Waals surface area contributed by atoms with Crippen molar-refractivity contribution >= 4 is 22.8 Å². The van der Waals surface area contributed by atoms with E-state index in [2.05, 4.69) is 15.3 Å². The molecule has 7 nitrogen and oxygen atoms in total. The Morgan fingerprint density at radius 1 is 1.18 bits per heavy atom. The van der Waals surface area contributed by atoms with Crippen molar-refractivity contribution in [3.63, 3.8) is 0 Å². The van der Waals surface area contributed by atoms with Gasteiger partial charge in [-0.3, -0.25) is 9.59 Å². The van der Waals surface area contributed by atoms with Crippen LogP contribution in [-0.4, -0.2) is 46.4 Å². The summed E-state index contributed by atoms with van der Waals surface area (Å²) in [4.78, 5) is 33.4. The number of para-hydroxylation sites is 3. The molecule has 1 saturated heterocycles. The first-order valence-electron chi connectivity index (χ1n) is 8.96. The van der Waals surface area contributed by atoms with Crippen molar-refractivity contribution in [2.75, 3.05) is 19.7 Å². The smallest absolute Gasteiger partial charge is 0.260 e. The number of benzene rings is 2. The van der Waals surface area contributed by atoms with E-state index in [9.17, 15) is 14.0 Å². The maximum absolute atomic E-state index is 13.5. The normalized spacial score (nSPS) is 14.0. The molecule has 2 amide bonds. The highest BCUT2D eigenvalue weighted by Gasteiger charge is 2.35. The summed E-state index contributed by atoms with van der Waals surface area (Å²) in [7, 11) is 0. The SMILES string of the molecule is O=C(NCc1nc2ccccc2[nH]1)C1CN(C(=O)COc2ccccc2F)C1. The van der Waals surface area contributed by atoms with Crippen LogP contribution in [0.2, 0.25) is 0 Å². The summed E-state index contributed by atoms with van der Waals surface area (Å²) in [5, 5.41) is 2.84. The fourth-order valence-electron chi connectivity index (χ4n) is 3.05. The minimum absolute atomic E-state index is 0.0384. The molecular weight excluding hydrogens is 363 g/mol. The number of halogens is 1. The van der Waals surface area contributed by atoms with E-state index in [1.54, 1.807) is 12.1 Å². The summed E-state index contributed by atoms with van der Waals surface area (Å²) < 4.78 is 18.7. The number of carbonyl (C=O) groups excluding carboxylic acids is 2. The van der Waals surface area contributed by atoms with Crippen LogP contribution in [0.1, 0.15) is 5.82 Å². The highest BCUT2D eigenvalue weighted by molar-refractivity contribution is 5.85. The van der Waals surface area contributed by atoms with E-state index in [1.165, 1.54) is 17.0 Å². The average molecular weight is 382 g/mol. The molecule has 2 aromatic carbocycles. The second-order valence-corrected chi connectivity index (χ2v) is 6.63. The number of aromatic nitrogens is 2. The molecule has 28 heavy (non-hydrogen) atoms. The quantitative estimate of drug-likeness (QED) is 0.681. The van der Waals surface area contributed by atoms with E-state index in [1.807, 2.05) is 24.3 Å². The number of likely N-dealkylation sites (tertiary alicyclic amines) is 1. The molecule has 1 aromatic heterocycles. The molecule has 4 rings (SSSR count). The van der Waals surface area contributed by atoms with Gasteiger partial charge in [-0.2, -0.15) is 0 Å². The molecule has 3 aromatic rings. The molecule has 0 unspecified atom stereocenters.